The summed E-state index contributed by atoms with van der Waals surface area (Å²) in [6, 6.07) is 11.6. The number of nitrogens with zero attached hydrogens (tertiary/aromatic N) is 4. The van der Waals surface area contributed by atoms with Crippen LogP contribution in [-0.2, 0) is 5.75 Å². The predicted octanol–water partition coefficient (Wildman–Crippen LogP) is 5.20. The minimum Gasteiger partial charge on any atom is -0.420 e. The maximum Gasteiger partial charge on any atom is 0.269 e. The third-order valence-corrected chi connectivity index (χ3v) is 5.84. The maximum atomic E-state index is 10.7. The van der Waals surface area contributed by atoms with Crippen LogP contribution in [0.1, 0.15) is 5.89 Å². The van der Waals surface area contributed by atoms with E-state index in [0.29, 0.717) is 28.1 Å². The lowest BCUT2D eigenvalue weighted by molar-refractivity contribution is -0.384. The molecular weight excluding hydrogens is 396 g/mol. The molecule has 0 N–H and O–H groups in total. The molecule has 0 spiro atoms. The summed E-state index contributed by atoms with van der Waals surface area (Å²) in [4.78, 5) is 14.8. The van der Waals surface area contributed by atoms with Crippen LogP contribution in [0.3, 0.4) is 0 Å². The number of hydrogen-bond donors (Lipinski definition) is 0. The van der Waals surface area contributed by atoms with E-state index < -0.39 is 4.92 Å². The zero-order valence-corrected chi connectivity index (χ0v) is 15.3. The van der Waals surface area contributed by atoms with Gasteiger partial charge in [0.1, 0.15) is 0 Å². The van der Waals surface area contributed by atoms with Gasteiger partial charge in [-0.05, 0) is 30.3 Å². The average molecular weight is 405 g/mol. The van der Waals surface area contributed by atoms with Crippen molar-refractivity contribution in [2.45, 2.75) is 10.1 Å². The summed E-state index contributed by atoms with van der Waals surface area (Å²) in [5.41, 5.74) is 1.51. The van der Waals surface area contributed by atoms with Crippen molar-refractivity contribution in [1.82, 2.24) is 15.2 Å². The highest BCUT2D eigenvalue weighted by atomic mass is 35.5. The van der Waals surface area contributed by atoms with Gasteiger partial charge >= 0.3 is 0 Å². The lowest BCUT2D eigenvalue weighted by Gasteiger charge is -1.94. The lowest BCUT2D eigenvalue weighted by Crippen LogP contribution is -1.87. The van der Waals surface area contributed by atoms with Crippen LogP contribution in [0, 0.1) is 10.1 Å². The molecule has 2 aromatic carbocycles. The van der Waals surface area contributed by atoms with Gasteiger partial charge in [-0.3, -0.25) is 10.1 Å². The quantitative estimate of drug-likeness (QED) is 0.256. The molecule has 0 saturated heterocycles. The van der Waals surface area contributed by atoms with Gasteiger partial charge in [-0.15, -0.1) is 21.5 Å². The van der Waals surface area contributed by atoms with Gasteiger partial charge in [0.15, 0.2) is 4.34 Å². The topological polar surface area (TPSA) is 95.0 Å². The van der Waals surface area contributed by atoms with E-state index in [1.54, 1.807) is 23.5 Å². The molecule has 130 valence electrons. The van der Waals surface area contributed by atoms with E-state index in [4.69, 9.17) is 16.0 Å². The number of thioether (sulfide) groups is 1. The summed E-state index contributed by atoms with van der Waals surface area (Å²) in [6.07, 6.45) is 0. The van der Waals surface area contributed by atoms with Gasteiger partial charge in [0.2, 0.25) is 11.8 Å². The summed E-state index contributed by atoms with van der Waals surface area (Å²) < 4.78 is 7.58. The van der Waals surface area contributed by atoms with Crippen LogP contribution >= 0.6 is 34.7 Å². The molecule has 0 radical (unpaired) electrons. The molecule has 0 atom stereocenters. The monoisotopic (exact) mass is 404 g/mol. The van der Waals surface area contributed by atoms with Gasteiger partial charge in [0, 0.05) is 22.7 Å². The molecule has 0 saturated carbocycles. The van der Waals surface area contributed by atoms with Crippen molar-refractivity contribution in [3.05, 3.63) is 63.5 Å². The molecule has 0 amide bonds. The highest BCUT2D eigenvalue weighted by Crippen LogP contribution is 2.33. The number of nitro groups is 1. The standard InChI is InChI=1S/C16H9ClN4O3S2/c17-10-3-6-13-12(7-10)18-16(26-13)25-8-14-19-20-15(24-14)9-1-4-11(5-2-9)21(22)23/h1-7H,8H2. The van der Waals surface area contributed by atoms with Crippen LogP contribution < -0.4 is 0 Å². The number of rotatable bonds is 5. The van der Waals surface area contributed by atoms with Crippen molar-refractivity contribution in [2.75, 3.05) is 0 Å². The van der Waals surface area contributed by atoms with E-state index in [9.17, 15) is 10.1 Å². The smallest absolute Gasteiger partial charge is 0.269 e. The largest absolute Gasteiger partial charge is 0.420 e. The molecule has 0 aliphatic heterocycles. The normalized spacial score (nSPS) is 11.1. The highest BCUT2D eigenvalue weighted by Gasteiger charge is 2.12. The number of hydrogen-bond acceptors (Lipinski definition) is 8. The molecule has 0 fully saturated rings. The molecule has 2 aromatic heterocycles. The van der Waals surface area contributed by atoms with Gasteiger partial charge in [0.05, 0.1) is 20.9 Å². The van der Waals surface area contributed by atoms with Crippen molar-refractivity contribution in [2.24, 2.45) is 0 Å². The molecule has 0 unspecified atom stereocenters. The second kappa shape index (κ2) is 7.02. The second-order valence-corrected chi connectivity index (χ2v) is 7.87. The Hall–Kier alpha value is -2.49. The number of non-ortho nitro benzene ring substituents is 1. The Labute approximate surface area is 160 Å². The molecule has 2 heterocycles. The third kappa shape index (κ3) is 3.55. The molecule has 0 bridgehead atoms. The first-order valence-electron chi connectivity index (χ1n) is 7.34. The molecule has 0 aliphatic carbocycles. The zero-order chi connectivity index (χ0) is 18.1. The van der Waals surface area contributed by atoms with Crippen molar-refractivity contribution >= 4 is 50.6 Å². The van der Waals surface area contributed by atoms with Crippen molar-refractivity contribution in [3.8, 4) is 11.5 Å². The maximum absolute atomic E-state index is 10.7. The van der Waals surface area contributed by atoms with E-state index in [1.165, 1.54) is 23.9 Å². The second-order valence-electron chi connectivity index (χ2n) is 5.19. The third-order valence-electron chi connectivity index (χ3n) is 3.44. The van der Waals surface area contributed by atoms with Gasteiger partial charge in [-0.2, -0.15) is 0 Å². The Morgan fingerprint density at radius 2 is 2.00 bits per heavy atom. The number of thiazole rings is 1. The Kier molecular flexibility index (Phi) is 4.58. The SMILES string of the molecule is O=[N+]([O-])c1ccc(-c2nnc(CSc3nc4cc(Cl)ccc4s3)o2)cc1. The van der Waals surface area contributed by atoms with Crippen molar-refractivity contribution < 1.29 is 9.34 Å². The number of nitro benzene ring substituents is 1. The molecule has 10 heteroatoms. The van der Waals surface area contributed by atoms with Gasteiger partial charge < -0.3 is 4.42 Å². The number of fused-ring (bicyclic) bond motifs is 1. The predicted molar refractivity (Wildman–Crippen MR) is 101 cm³/mol. The summed E-state index contributed by atoms with van der Waals surface area (Å²) >= 11 is 9.05. The minimum absolute atomic E-state index is 0.0139. The van der Waals surface area contributed by atoms with Crippen LogP contribution in [-0.4, -0.2) is 20.1 Å². The van der Waals surface area contributed by atoms with Crippen molar-refractivity contribution in [1.29, 1.82) is 0 Å². The summed E-state index contributed by atoms with van der Waals surface area (Å²) in [5, 5.41) is 19.4. The Balaban J connectivity index is 1.46. The van der Waals surface area contributed by atoms with E-state index in [-0.39, 0.29) is 5.69 Å². The molecule has 7 nitrogen and oxygen atoms in total. The number of halogens is 1. The average Bonchev–Trinajstić information content (AvgIpc) is 3.26. The fourth-order valence-corrected chi connectivity index (χ4v) is 4.27. The fraction of sp³-hybridized carbons (Fsp3) is 0.0625. The lowest BCUT2D eigenvalue weighted by atomic mass is 10.2. The van der Waals surface area contributed by atoms with Crippen LogP contribution in [0.5, 0.6) is 0 Å². The summed E-state index contributed by atoms with van der Waals surface area (Å²) in [7, 11) is 0. The molecule has 4 rings (SSSR count). The molecule has 4 aromatic rings. The first kappa shape index (κ1) is 17.0. The fourth-order valence-electron chi connectivity index (χ4n) is 2.22. The van der Waals surface area contributed by atoms with E-state index in [2.05, 4.69) is 15.2 Å². The van der Waals surface area contributed by atoms with Crippen LogP contribution in [0.15, 0.2) is 51.2 Å². The first-order valence-corrected chi connectivity index (χ1v) is 9.52. The van der Waals surface area contributed by atoms with Gasteiger partial charge in [-0.25, -0.2) is 4.98 Å². The van der Waals surface area contributed by atoms with E-state index in [1.807, 2.05) is 18.2 Å². The Morgan fingerprint density at radius 1 is 1.19 bits per heavy atom. The summed E-state index contributed by atoms with van der Waals surface area (Å²) in [6.45, 7) is 0. The number of benzene rings is 2. The Bertz CT molecular complexity index is 1090. The van der Waals surface area contributed by atoms with Crippen LogP contribution in [0.25, 0.3) is 21.7 Å². The molecular formula is C16H9ClN4O3S2. The highest BCUT2D eigenvalue weighted by molar-refractivity contribution is 8.00. The van der Waals surface area contributed by atoms with Crippen LogP contribution in [0.4, 0.5) is 5.69 Å². The number of aromatic nitrogens is 3. The first-order chi connectivity index (χ1) is 12.6. The summed E-state index contributed by atoms with van der Waals surface area (Å²) in [5.74, 6) is 1.26. The molecule has 0 aliphatic rings. The van der Waals surface area contributed by atoms with E-state index >= 15 is 0 Å². The van der Waals surface area contributed by atoms with Crippen LogP contribution in [0.2, 0.25) is 5.02 Å². The Morgan fingerprint density at radius 3 is 2.77 bits per heavy atom. The van der Waals surface area contributed by atoms with E-state index in [0.717, 1.165) is 14.6 Å². The minimum atomic E-state index is -0.454. The van der Waals surface area contributed by atoms with Crippen molar-refractivity contribution in [3.63, 3.8) is 0 Å². The van der Waals surface area contributed by atoms with Gasteiger partial charge in [0.25, 0.3) is 5.69 Å². The zero-order valence-electron chi connectivity index (χ0n) is 13.0. The van der Waals surface area contributed by atoms with Gasteiger partial charge in [-0.1, -0.05) is 23.4 Å². The molecule has 26 heavy (non-hydrogen) atoms.